The number of nitrogens with zero attached hydrogens (tertiary/aromatic N) is 2. The van der Waals surface area contributed by atoms with Gasteiger partial charge in [-0.1, -0.05) is 55.5 Å². The summed E-state index contributed by atoms with van der Waals surface area (Å²) in [5.74, 6) is 0.387. The monoisotopic (exact) mass is 260 g/mol. The topological polar surface area (TPSA) is 24.7 Å². The summed E-state index contributed by atoms with van der Waals surface area (Å²) >= 11 is 0. The zero-order valence-electron chi connectivity index (χ0n) is 11.4. The zero-order chi connectivity index (χ0) is 13.5. The van der Waals surface area contributed by atoms with Crippen molar-refractivity contribution in [1.29, 1.82) is 0 Å². The molecular formula is C18H16N2. The number of hydrogen-bond donors (Lipinski definition) is 0. The van der Waals surface area contributed by atoms with Crippen molar-refractivity contribution in [3.05, 3.63) is 70.8 Å². The number of aliphatic imine (C=N–C) groups is 2. The van der Waals surface area contributed by atoms with E-state index >= 15 is 0 Å². The fraction of sp³-hybridized carbons (Fsp3) is 0.222. The molecule has 0 radical (unpaired) electrons. The summed E-state index contributed by atoms with van der Waals surface area (Å²) in [6.07, 6.45) is 3.66. The van der Waals surface area contributed by atoms with Crippen LogP contribution in [0.3, 0.4) is 0 Å². The van der Waals surface area contributed by atoms with E-state index in [0.29, 0.717) is 5.92 Å². The molecule has 0 saturated heterocycles. The molecule has 2 aliphatic rings. The molecule has 2 aromatic carbocycles. The van der Waals surface area contributed by atoms with Gasteiger partial charge in [0.1, 0.15) is 12.1 Å². The zero-order valence-corrected chi connectivity index (χ0v) is 11.4. The Morgan fingerprint density at radius 2 is 1.05 bits per heavy atom. The molecule has 2 heteroatoms. The molecule has 20 heavy (non-hydrogen) atoms. The molecule has 2 unspecified atom stereocenters. The number of fused-ring (bicyclic) bond motifs is 5. The first-order valence-electron chi connectivity index (χ1n) is 7.09. The highest BCUT2D eigenvalue weighted by molar-refractivity contribution is 6.16. The molecule has 0 fully saturated rings. The van der Waals surface area contributed by atoms with Crippen LogP contribution in [0.25, 0.3) is 0 Å². The first kappa shape index (κ1) is 11.6. The van der Waals surface area contributed by atoms with E-state index in [9.17, 15) is 0 Å². The van der Waals surface area contributed by atoms with E-state index in [-0.39, 0.29) is 12.1 Å². The van der Waals surface area contributed by atoms with Crippen molar-refractivity contribution in [1.82, 2.24) is 0 Å². The van der Waals surface area contributed by atoms with Gasteiger partial charge in [0.15, 0.2) is 0 Å². The fourth-order valence-corrected chi connectivity index (χ4v) is 3.44. The minimum Gasteiger partial charge on any atom is -0.281 e. The van der Waals surface area contributed by atoms with Gasteiger partial charge in [-0.05, 0) is 22.3 Å². The van der Waals surface area contributed by atoms with Crippen molar-refractivity contribution >= 4 is 12.4 Å². The van der Waals surface area contributed by atoms with Crippen molar-refractivity contribution in [2.75, 3.05) is 0 Å². The summed E-state index contributed by atoms with van der Waals surface area (Å²) in [7, 11) is 0. The van der Waals surface area contributed by atoms with Gasteiger partial charge in [0.05, 0.1) is 0 Å². The lowest BCUT2D eigenvalue weighted by molar-refractivity contribution is 0.581. The molecule has 2 aromatic rings. The molecule has 0 spiro atoms. The van der Waals surface area contributed by atoms with Crippen LogP contribution in [0.5, 0.6) is 0 Å². The third-order valence-corrected chi connectivity index (χ3v) is 4.42. The Bertz CT molecular complexity index is 653. The Balaban J connectivity index is 2.03. The highest BCUT2D eigenvalue weighted by Crippen LogP contribution is 2.46. The second kappa shape index (κ2) is 4.41. The second-order valence-electron chi connectivity index (χ2n) is 5.47. The van der Waals surface area contributed by atoms with Crippen molar-refractivity contribution < 1.29 is 0 Å². The molecule has 0 saturated carbocycles. The molecule has 1 heterocycles. The van der Waals surface area contributed by atoms with Gasteiger partial charge in [-0.15, -0.1) is 0 Å². The SMILES string of the molecule is CC1c2ccccc2C2N=CC=NC2c2ccccc21. The molecule has 0 N–H and O–H groups in total. The Kier molecular flexibility index (Phi) is 2.56. The van der Waals surface area contributed by atoms with Crippen LogP contribution in [0.2, 0.25) is 0 Å². The maximum atomic E-state index is 4.71. The molecule has 4 rings (SSSR count). The highest BCUT2D eigenvalue weighted by atomic mass is 14.9. The van der Waals surface area contributed by atoms with Gasteiger partial charge in [0.2, 0.25) is 0 Å². The molecule has 1 aliphatic carbocycles. The number of benzene rings is 2. The van der Waals surface area contributed by atoms with Crippen LogP contribution in [-0.2, 0) is 0 Å². The highest BCUT2D eigenvalue weighted by Gasteiger charge is 2.33. The Morgan fingerprint density at radius 3 is 1.50 bits per heavy atom. The average molecular weight is 260 g/mol. The van der Waals surface area contributed by atoms with Gasteiger partial charge >= 0.3 is 0 Å². The van der Waals surface area contributed by atoms with Crippen molar-refractivity contribution in [2.45, 2.75) is 24.9 Å². The van der Waals surface area contributed by atoms with Crippen molar-refractivity contribution in [2.24, 2.45) is 9.98 Å². The van der Waals surface area contributed by atoms with E-state index in [4.69, 9.17) is 9.98 Å². The fourth-order valence-electron chi connectivity index (χ4n) is 3.44. The van der Waals surface area contributed by atoms with Gasteiger partial charge in [0.25, 0.3) is 0 Å². The Morgan fingerprint density at radius 1 is 0.650 bits per heavy atom. The summed E-state index contributed by atoms with van der Waals surface area (Å²) in [4.78, 5) is 9.42. The largest absolute Gasteiger partial charge is 0.281 e. The summed E-state index contributed by atoms with van der Waals surface area (Å²) in [6, 6.07) is 17.5. The van der Waals surface area contributed by atoms with Gasteiger partial charge < -0.3 is 0 Å². The van der Waals surface area contributed by atoms with E-state index < -0.39 is 0 Å². The minimum atomic E-state index is 0.113. The van der Waals surface area contributed by atoms with Crippen LogP contribution in [0.1, 0.15) is 47.2 Å². The molecule has 98 valence electrons. The van der Waals surface area contributed by atoms with Gasteiger partial charge in [-0.3, -0.25) is 9.98 Å². The Hall–Kier alpha value is -2.22. The third kappa shape index (κ3) is 1.58. The molecule has 0 aromatic heterocycles. The maximum Gasteiger partial charge on any atom is 0.102 e. The van der Waals surface area contributed by atoms with Crippen LogP contribution in [-0.4, -0.2) is 12.4 Å². The summed E-state index contributed by atoms with van der Waals surface area (Å²) in [6.45, 7) is 2.28. The summed E-state index contributed by atoms with van der Waals surface area (Å²) in [5, 5.41) is 0. The quantitative estimate of drug-likeness (QED) is 0.681. The molecule has 2 atom stereocenters. The van der Waals surface area contributed by atoms with E-state index in [1.165, 1.54) is 22.3 Å². The van der Waals surface area contributed by atoms with Crippen LogP contribution < -0.4 is 0 Å². The first-order chi connectivity index (χ1) is 9.86. The van der Waals surface area contributed by atoms with Crippen LogP contribution in [0.15, 0.2) is 58.5 Å². The predicted molar refractivity (Wildman–Crippen MR) is 82.9 cm³/mol. The van der Waals surface area contributed by atoms with Crippen molar-refractivity contribution in [3.63, 3.8) is 0 Å². The lowest BCUT2D eigenvalue weighted by Crippen LogP contribution is -2.12. The predicted octanol–water partition coefficient (Wildman–Crippen LogP) is 4.09. The molecule has 1 aliphatic heterocycles. The lowest BCUT2D eigenvalue weighted by atomic mass is 9.89. The summed E-state index contributed by atoms with van der Waals surface area (Å²) < 4.78 is 0. The smallest absolute Gasteiger partial charge is 0.102 e. The van der Waals surface area contributed by atoms with Crippen LogP contribution in [0, 0.1) is 0 Å². The molecule has 0 amide bonds. The minimum absolute atomic E-state index is 0.113. The van der Waals surface area contributed by atoms with E-state index in [1.54, 1.807) is 0 Å². The van der Waals surface area contributed by atoms with Gasteiger partial charge in [-0.25, -0.2) is 0 Å². The normalized spacial score (nSPS) is 26.4. The molecular weight excluding hydrogens is 244 g/mol. The van der Waals surface area contributed by atoms with Gasteiger partial charge in [-0.2, -0.15) is 0 Å². The average Bonchev–Trinajstić information content (AvgIpc) is 2.64. The first-order valence-corrected chi connectivity index (χ1v) is 7.09. The third-order valence-electron chi connectivity index (χ3n) is 4.42. The second-order valence-corrected chi connectivity index (χ2v) is 5.47. The van der Waals surface area contributed by atoms with Crippen molar-refractivity contribution in [3.8, 4) is 0 Å². The van der Waals surface area contributed by atoms with Crippen LogP contribution in [0.4, 0.5) is 0 Å². The number of hydrogen-bond acceptors (Lipinski definition) is 2. The van der Waals surface area contributed by atoms with Gasteiger partial charge in [0, 0.05) is 18.3 Å². The molecule has 2 nitrogen and oxygen atoms in total. The van der Waals surface area contributed by atoms with E-state index in [1.807, 2.05) is 12.4 Å². The Labute approximate surface area is 118 Å². The standard InChI is InChI=1S/C18H16N2/c1-12-13-6-2-4-8-15(13)17-18(20-11-10-19-17)16-9-5-3-7-14(12)16/h2-12,17-18H,1H3. The maximum absolute atomic E-state index is 4.71. The molecule has 0 bridgehead atoms. The van der Waals surface area contributed by atoms with Crippen LogP contribution >= 0.6 is 0 Å². The summed E-state index contributed by atoms with van der Waals surface area (Å²) in [5.41, 5.74) is 5.38. The number of rotatable bonds is 0. The van der Waals surface area contributed by atoms with E-state index in [0.717, 1.165) is 0 Å². The van der Waals surface area contributed by atoms with E-state index in [2.05, 4.69) is 55.5 Å². The lowest BCUT2D eigenvalue weighted by Gasteiger charge is -2.23.